The van der Waals surface area contributed by atoms with Crippen LogP contribution in [-0.2, 0) is 6.54 Å². The van der Waals surface area contributed by atoms with Gasteiger partial charge in [-0.2, -0.15) is 0 Å². The molecule has 0 aliphatic rings. The molecule has 1 aromatic rings. The molecule has 1 aromatic carbocycles. The van der Waals surface area contributed by atoms with E-state index in [2.05, 4.69) is 13.8 Å². The minimum Gasteiger partial charge on any atom is -0.494 e. The van der Waals surface area contributed by atoms with Crippen LogP contribution in [0.4, 0.5) is 0 Å². The van der Waals surface area contributed by atoms with E-state index in [1.807, 2.05) is 24.3 Å². The topological polar surface area (TPSA) is 35.2 Å². The molecule has 0 aromatic heterocycles. The summed E-state index contributed by atoms with van der Waals surface area (Å²) in [6, 6.07) is 7.96. The molecule has 0 spiro atoms. The summed E-state index contributed by atoms with van der Waals surface area (Å²) in [5, 5.41) is 0. The molecule has 0 aliphatic heterocycles. The lowest BCUT2D eigenvalue weighted by atomic mass is 10.1. The van der Waals surface area contributed by atoms with Gasteiger partial charge in [0.05, 0.1) is 6.61 Å². The molecule has 0 atom stereocenters. The third-order valence-electron chi connectivity index (χ3n) is 2.12. The van der Waals surface area contributed by atoms with E-state index < -0.39 is 0 Å². The molecule has 2 N–H and O–H groups in total. The van der Waals surface area contributed by atoms with Gasteiger partial charge in [0.15, 0.2) is 0 Å². The Morgan fingerprint density at radius 2 is 1.80 bits per heavy atom. The fourth-order valence-corrected chi connectivity index (χ4v) is 1.13. The van der Waals surface area contributed by atoms with Crippen LogP contribution in [0.25, 0.3) is 0 Å². The fraction of sp³-hybridized carbons (Fsp3) is 0.500. The number of rotatable bonds is 5. The second kappa shape index (κ2) is 7.55. The Bertz CT molecular complexity index is 259. The summed E-state index contributed by atoms with van der Waals surface area (Å²) in [4.78, 5) is 0. The molecule has 0 aliphatic carbocycles. The maximum atomic E-state index is 5.58. The van der Waals surface area contributed by atoms with Gasteiger partial charge in [-0.25, -0.2) is 0 Å². The molecule has 1 rings (SSSR count). The summed E-state index contributed by atoms with van der Waals surface area (Å²) >= 11 is 0. The minimum atomic E-state index is 0. The summed E-state index contributed by atoms with van der Waals surface area (Å²) in [6.45, 7) is 5.77. The van der Waals surface area contributed by atoms with E-state index in [1.54, 1.807) is 0 Å². The first-order valence-corrected chi connectivity index (χ1v) is 5.14. The van der Waals surface area contributed by atoms with Gasteiger partial charge in [-0.15, -0.1) is 12.4 Å². The third-order valence-corrected chi connectivity index (χ3v) is 2.12. The van der Waals surface area contributed by atoms with E-state index in [-0.39, 0.29) is 12.4 Å². The molecule has 0 saturated heterocycles. The molecule has 3 heteroatoms. The summed E-state index contributed by atoms with van der Waals surface area (Å²) in [5.74, 6) is 1.63. The van der Waals surface area contributed by atoms with Crippen molar-refractivity contribution in [3.8, 4) is 5.75 Å². The lowest BCUT2D eigenvalue weighted by Gasteiger charge is -2.08. The van der Waals surface area contributed by atoms with Crippen molar-refractivity contribution in [2.45, 2.75) is 26.8 Å². The lowest BCUT2D eigenvalue weighted by Crippen LogP contribution is -2.01. The molecular formula is C12H20ClNO. The first kappa shape index (κ1) is 14.3. The van der Waals surface area contributed by atoms with Gasteiger partial charge in [-0.05, 0) is 30.0 Å². The number of benzene rings is 1. The lowest BCUT2D eigenvalue weighted by molar-refractivity contribution is 0.289. The van der Waals surface area contributed by atoms with Crippen molar-refractivity contribution in [1.82, 2.24) is 0 Å². The molecule has 2 nitrogen and oxygen atoms in total. The summed E-state index contributed by atoms with van der Waals surface area (Å²) in [7, 11) is 0. The van der Waals surface area contributed by atoms with Crippen LogP contribution in [0.5, 0.6) is 5.75 Å². The zero-order valence-electron chi connectivity index (χ0n) is 9.40. The summed E-state index contributed by atoms with van der Waals surface area (Å²) in [5.41, 5.74) is 6.64. The van der Waals surface area contributed by atoms with Crippen molar-refractivity contribution in [3.63, 3.8) is 0 Å². The van der Waals surface area contributed by atoms with Crippen LogP contribution < -0.4 is 10.5 Å². The standard InChI is InChI=1S/C12H19NO.ClH/c1-10(2)7-8-14-12-5-3-11(9-13)4-6-12;/h3-6,10H,7-9,13H2,1-2H3;1H. The number of hydrogen-bond donors (Lipinski definition) is 1. The van der Waals surface area contributed by atoms with E-state index in [9.17, 15) is 0 Å². The molecular weight excluding hydrogens is 210 g/mol. The van der Waals surface area contributed by atoms with Crippen LogP contribution in [-0.4, -0.2) is 6.61 Å². The molecule has 0 amide bonds. The van der Waals surface area contributed by atoms with Crippen LogP contribution in [0.2, 0.25) is 0 Å². The molecule has 15 heavy (non-hydrogen) atoms. The first-order chi connectivity index (χ1) is 6.72. The number of ether oxygens (including phenoxy) is 1. The molecule has 0 fully saturated rings. The molecule has 0 saturated carbocycles. The normalized spacial score (nSPS) is 9.87. The van der Waals surface area contributed by atoms with E-state index in [0.29, 0.717) is 12.5 Å². The SMILES string of the molecule is CC(C)CCOc1ccc(CN)cc1.Cl. The number of halogens is 1. The van der Waals surface area contributed by atoms with Crippen molar-refractivity contribution in [2.24, 2.45) is 11.7 Å². The zero-order valence-corrected chi connectivity index (χ0v) is 10.2. The Labute approximate surface area is 98.2 Å². The van der Waals surface area contributed by atoms with E-state index in [1.165, 1.54) is 0 Å². The van der Waals surface area contributed by atoms with E-state index in [4.69, 9.17) is 10.5 Å². The van der Waals surface area contributed by atoms with Crippen molar-refractivity contribution >= 4 is 12.4 Å². The second-order valence-electron chi connectivity index (χ2n) is 3.88. The molecule has 0 heterocycles. The summed E-state index contributed by atoms with van der Waals surface area (Å²) < 4.78 is 5.58. The third kappa shape index (κ3) is 5.65. The Morgan fingerprint density at radius 1 is 1.20 bits per heavy atom. The average molecular weight is 230 g/mol. The van der Waals surface area contributed by atoms with Gasteiger partial charge in [-0.1, -0.05) is 26.0 Å². The predicted molar refractivity (Wildman–Crippen MR) is 66.5 cm³/mol. The predicted octanol–water partition coefficient (Wildman–Crippen LogP) is 2.99. The van der Waals surface area contributed by atoms with Gasteiger partial charge in [0.2, 0.25) is 0 Å². The van der Waals surface area contributed by atoms with Gasteiger partial charge < -0.3 is 10.5 Å². The smallest absolute Gasteiger partial charge is 0.119 e. The summed E-state index contributed by atoms with van der Waals surface area (Å²) in [6.07, 6.45) is 1.10. The van der Waals surface area contributed by atoms with Crippen molar-refractivity contribution in [2.75, 3.05) is 6.61 Å². The van der Waals surface area contributed by atoms with E-state index >= 15 is 0 Å². The van der Waals surface area contributed by atoms with Gasteiger partial charge in [0, 0.05) is 6.54 Å². The maximum absolute atomic E-state index is 5.58. The monoisotopic (exact) mass is 229 g/mol. The Kier molecular flexibility index (Phi) is 7.18. The van der Waals surface area contributed by atoms with E-state index in [0.717, 1.165) is 24.3 Å². The molecule has 0 unspecified atom stereocenters. The van der Waals surface area contributed by atoms with Crippen molar-refractivity contribution < 1.29 is 4.74 Å². The zero-order chi connectivity index (χ0) is 10.4. The largest absolute Gasteiger partial charge is 0.494 e. The van der Waals surface area contributed by atoms with Gasteiger partial charge >= 0.3 is 0 Å². The Balaban J connectivity index is 0.00000196. The average Bonchev–Trinajstić information content (AvgIpc) is 2.18. The number of nitrogens with two attached hydrogens (primary N) is 1. The van der Waals surface area contributed by atoms with Gasteiger partial charge in [-0.3, -0.25) is 0 Å². The highest BCUT2D eigenvalue weighted by atomic mass is 35.5. The maximum Gasteiger partial charge on any atom is 0.119 e. The molecule has 0 radical (unpaired) electrons. The number of hydrogen-bond acceptors (Lipinski definition) is 2. The van der Waals surface area contributed by atoms with Gasteiger partial charge in [0.25, 0.3) is 0 Å². The van der Waals surface area contributed by atoms with Crippen LogP contribution in [0.15, 0.2) is 24.3 Å². The van der Waals surface area contributed by atoms with Crippen LogP contribution in [0, 0.1) is 5.92 Å². The van der Waals surface area contributed by atoms with Crippen LogP contribution in [0.3, 0.4) is 0 Å². The fourth-order valence-electron chi connectivity index (χ4n) is 1.13. The van der Waals surface area contributed by atoms with Crippen molar-refractivity contribution in [1.29, 1.82) is 0 Å². The second-order valence-corrected chi connectivity index (χ2v) is 3.88. The first-order valence-electron chi connectivity index (χ1n) is 5.14. The van der Waals surface area contributed by atoms with Crippen molar-refractivity contribution in [3.05, 3.63) is 29.8 Å². The Hall–Kier alpha value is -0.730. The quantitative estimate of drug-likeness (QED) is 0.843. The molecule has 0 bridgehead atoms. The van der Waals surface area contributed by atoms with Gasteiger partial charge in [0.1, 0.15) is 5.75 Å². The molecule has 86 valence electrons. The van der Waals surface area contributed by atoms with Crippen LogP contribution >= 0.6 is 12.4 Å². The highest BCUT2D eigenvalue weighted by molar-refractivity contribution is 5.85. The van der Waals surface area contributed by atoms with Crippen LogP contribution in [0.1, 0.15) is 25.8 Å². The minimum absolute atomic E-state index is 0. The highest BCUT2D eigenvalue weighted by Gasteiger charge is 1.96. The highest BCUT2D eigenvalue weighted by Crippen LogP contribution is 2.12. The Morgan fingerprint density at radius 3 is 2.27 bits per heavy atom.